The first kappa shape index (κ1) is 19.9. The maximum atomic E-state index is 13.4. The fourth-order valence-electron chi connectivity index (χ4n) is 4.79. The first-order valence-electron chi connectivity index (χ1n) is 10.3. The van der Waals surface area contributed by atoms with Crippen LogP contribution in [-0.4, -0.2) is 39.6 Å². The van der Waals surface area contributed by atoms with Crippen LogP contribution in [0.2, 0.25) is 5.02 Å². The summed E-state index contributed by atoms with van der Waals surface area (Å²) < 4.78 is 13.4. The number of amides is 2. The standard InChI is InChI=1S/C22H21ClFN5O2/c23-15-12-13(24)3-4-17(15)29-11-9-22(21(29)31)7-5-14(6-8-22)26-20(30)19-18-16(27-28-19)2-1-10-25-18/h1-4,10,12,14H,5-9,11H2,(H,26,30)(H,27,28). The molecule has 2 aromatic heterocycles. The predicted octanol–water partition coefficient (Wildman–Crippen LogP) is 3.85. The molecule has 7 nitrogen and oxygen atoms in total. The minimum absolute atomic E-state index is 0.0233. The Morgan fingerprint density at radius 1 is 1.26 bits per heavy atom. The monoisotopic (exact) mass is 441 g/mol. The molecule has 1 aliphatic heterocycles. The molecule has 0 bridgehead atoms. The quantitative estimate of drug-likeness (QED) is 0.646. The summed E-state index contributed by atoms with van der Waals surface area (Å²) in [4.78, 5) is 31.9. The zero-order valence-corrected chi connectivity index (χ0v) is 17.5. The Morgan fingerprint density at radius 2 is 2.06 bits per heavy atom. The van der Waals surface area contributed by atoms with Gasteiger partial charge in [-0.25, -0.2) is 4.39 Å². The Bertz CT molecular complexity index is 1170. The Balaban J connectivity index is 1.25. The summed E-state index contributed by atoms with van der Waals surface area (Å²) in [6, 6.07) is 7.69. The van der Waals surface area contributed by atoms with Gasteiger partial charge in [0.25, 0.3) is 5.91 Å². The molecule has 160 valence electrons. The van der Waals surface area contributed by atoms with E-state index < -0.39 is 11.2 Å². The maximum absolute atomic E-state index is 13.4. The third kappa shape index (κ3) is 3.44. The Hall–Kier alpha value is -3.00. The third-order valence-electron chi connectivity index (χ3n) is 6.53. The number of anilines is 1. The van der Waals surface area contributed by atoms with Crippen LogP contribution in [-0.2, 0) is 4.79 Å². The lowest BCUT2D eigenvalue weighted by atomic mass is 9.71. The van der Waals surface area contributed by atoms with Gasteiger partial charge in [0.15, 0.2) is 5.69 Å². The van der Waals surface area contributed by atoms with Crippen molar-refractivity contribution in [1.82, 2.24) is 20.5 Å². The van der Waals surface area contributed by atoms with Gasteiger partial charge in [0.2, 0.25) is 5.91 Å². The minimum Gasteiger partial charge on any atom is -0.348 e. The first-order chi connectivity index (χ1) is 15.0. The summed E-state index contributed by atoms with van der Waals surface area (Å²) in [5.41, 5.74) is 1.65. The molecular weight excluding hydrogens is 421 g/mol. The van der Waals surface area contributed by atoms with E-state index in [1.54, 1.807) is 23.2 Å². The lowest BCUT2D eigenvalue weighted by molar-refractivity contribution is -0.127. The highest BCUT2D eigenvalue weighted by molar-refractivity contribution is 6.34. The van der Waals surface area contributed by atoms with Gasteiger partial charge in [-0.15, -0.1) is 0 Å². The van der Waals surface area contributed by atoms with Gasteiger partial charge in [-0.05, 0) is 62.4 Å². The van der Waals surface area contributed by atoms with E-state index in [0.717, 1.165) is 6.42 Å². The van der Waals surface area contributed by atoms with Crippen molar-refractivity contribution >= 4 is 40.1 Å². The van der Waals surface area contributed by atoms with Crippen molar-refractivity contribution in [3.8, 4) is 0 Å². The number of H-pyrrole nitrogens is 1. The third-order valence-corrected chi connectivity index (χ3v) is 6.83. The number of aromatic nitrogens is 3. The van der Waals surface area contributed by atoms with Gasteiger partial charge in [-0.2, -0.15) is 5.10 Å². The van der Waals surface area contributed by atoms with Gasteiger partial charge in [0, 0.05) is 18.8 Å². The number of carbonyl (C=O) groups is 2. The Labute approximate surface area is 183 Å². The van der Waals surface area contributed by atoms with Crippen molar-refractivity contribution in [2.75, 3.05) is 11.4 Å². The summed E-state index contributed by atoms with van der Waals surface area (Å²) in [6.45, 7) is 0.562. The van der Waals surface area contributed by atoms with Gasteiger partial charge < -0.3 is 10.2 Å². The van der Waals surface area contributed by atoms with E-state index in [2.05, 4.69) is 20.5 Å². The molecule has 0 unspecified atom stereocenters. The van der Waals surface area contributed by atoms with Crippen LogP contribution in [0.5, 0.6) is 0 Å². The summed E-state index contributed by atoms with van der Waals surface area (Å²) in [6.07, 6.45) is 5.14. The molecule has 1 aromatic carbocycles. The number of benzene rings is 1. The van der Waals surface area contributed by atoms with E-state index in [9.17, 15) is 14.0 Å². The van der Waals surface area contributed by atoms with E-state index in [0.29, 0.717) is 48.9 Å². The average Bonchev–Trinajstić information content (AvgIpc) is 3.33. The SMILES string of the molecule is O=C(NC1CCC2(CC1)CCN(c1ccc(F)cc1Cl)C2=O)c1n[nH]c2cccnc12. The van der Waals surface area contributed by atoms with Crippen LogP contribution in [0.3, 0.4) is 0 Å². The topological polar surface area (TPSA) is 91.0 Å². The van der Waals surface area contributed by atoms with Crippen LogP contribution in [0, 0.1) is 11.2 Å². The molecule has 3 heterocycles. The van der Waals surface area contributed by atoms with Crippen molar-refractivity contribution in [2.45, 2.75) is 38.1 Å². The zero-order valence-electron chi connectivity index (χ0n) is 16.7. The average molecular weight is 442 g/mol. The lowest BCUT2D eigenvalue weighted by Crippen LogP contribution is -2.44. The number of pyridine rings is 1. The fourth-order valence-corrected chi connectivity index (χ4v) is 5.06. The molecule has 1 saturated carbocycles. The molecule has 5 rings (SSSR count). The number of hydrogen-bond donors (Lipinski definition) is 2. The van der Waals surface area contributed by atoms with Crippen LogP contribution in [0.25, 0.3) is 11.0 Å². The van der Waals surface area contributed by atoms with E-state index in [4.69, 9.17) is 11.6 Å². The number of nitrogens with zero attached hydrogens (tertiary/aromatic N) is 3. The van der Waals surface area contributed by atoms with Gasteiger partial charge in [0.1, 0.15) is 11.3 Å². The number of fused-ring (bicyclic) bond motifs is 1. The smallest absolute Gasteiger partial charge is 0.274 e. The molecule has 2 aliphatic rings. The summed E-state index contributed by atoms with van der Waals surface area (Å²) in [5.74, 6) is -0.650. The Kier molecular flexibility index (Phi) is 4.89. The van der Waals surface area contributed by atoms with E-state index in [-0.39, 0.29) is 28.6 Å². The highest BCUT2D eigenvalue weighted by Gasteiger charge is 2.49. The van der Waals surface area contributed by atoms with Crippen LogP contribution >= 0.6 is 11.6 Å². The second-order valence-electron chi connectivity index (χ2n) is 8.30. The van der Waals surface area contributed by atoms with Crippen molar-refractivity contribution in [2.24, 2.45) is 5.41 Å². The minimum atomic E-state index is -0.445. The van der Waals surface area contributed by atoms with Crippen molar-refractivity contribution in [3.05, 3.63) is 53.1 Å². The molecule has 3 aromatic rings. The van der Waals surface area contributed by atoms with Gasteiger partial charge in [-0.3, -0.25) is 19.7 Å². The van der Waals surface area contributed by atoms with E-state index >= 15 is 0 Å². The lowest BCUT2D eigenvalue weighted by Gasteiger charge is -2.36. The van der Waals surface area contributed by atoms with Gasteiger partial charge >= 0.3 is 0 Å². The molecule has 9 heteroatoms. The van der Waals surface area contributed by atoms with Crippen molar-refractivity contribution in [3.63, 3.8) is 0 Å². The number of hydrogen-bond acceptors (Lipinski definition) is 4. The number of halogens is 2. The van der Waals surface area contributed by atoms with Crippen molar-refractivity contribution in [1.29, 1.82) is 0 Å². The largest absolute Gasteiger partial charge is 0.348 e. The summed E-state index contributed by atoms with van der Waals surface area (Å²) in [5, 5.41) is 10.2. The molecule has 2 amide bonds. The zero-order chi connectivity index (χ0) is 21.6. The van der Waals surface area contributed by atoms with Crippen LogP contribution in [0.15, 0.2) is 36.5 Å². The van der Waals surface area contributed by atoms with E-state index in [1.807, 2.05) is 6.07 Å². The number of nitrogens with one attached hydrogen (secondary N) is 2. The summed E-state index contributed by atoms with van der Waals surface area (Å²) >= 11 is 6.18. The van der Waals surface area contributed by atoms with Crippen molar-refractivity contribution < 1.29 is 14.0 Å². The highest BCUT2D eigenvalue weighted by atomic mass is 35.5. The van der Waals surface area contributed by atoms with Crippen LogP contribution in [0.4, 0.5) is 10.1 Å². The fraction of sp³-hybridized carbons (Fsp3) is 0.364. The van der Waals surface area contributed by atoms with E-state index in [1.165, 1.54) is 12.1 Å². The molecule has 2 N–H and O–H groups in total. The molecule has 1 aliphatic carbocycles. The van der Waals surface area contributed by atoms with Crippen LogP contribution < -0.4 is 10.2 Å². The number of aromatic amines is 1. The first-order valence-corrected chi connectivity index (χ1v) is 10.7. The Morgan fingerprint density at radius 3 is 2.84 bits per heavy atom. The predicted molar refractivity (Wildman–Crippen MR) is 114 cm³/mol. The molecule has 1 saturated heterocycles. The van der Waals surface area contributed by atoms with Gasteiger partial charge in [-0.1, -0.05) is 11.6 Å². The molecule has 0 radical (unpaired) electrons. The summed E-state index contributed by atoms with van der Waals surface area (Å²) in [7, 11) is 0. The number of rotatable bonds is 3. The molecular formula is C22H21ClFN5O2. The maximum Gasteiger partial charge on any atom is 0.274 e. The second kappa shape index (κ2) is 7.60. The normalized spacial score (nSPS) is 23.6. The van der Waals surface area contributed by atoms with Crippen LogP contribution in [0.1, 0.15) is 42.6 Å². The molecule has 0 atom stereocenters. The highest BCUT2D eigenvalue weighted by Crippen LogP contribution is 2.47. The second-order valence-corrected chi connectivity index (χ2v) is 8.71. The number of carbonyl (C=O) groups excluding carboxylic acids is 2. The molecule has 2 fully saturated rings. The van der Waals surface area contributed by atoms with Gasteiger partial charge in [0.05, 0.1) is 21.6 Å². The molecule has 1 spiro atoms. The molecule has 31 heavy (non-hydrogen) atoms.